The molecule has 2 rings (SSSR count). The number of phenolic OH excluding ortho intramolecular Hbond substituents is 1. The number of rotatable bonds is 5. The Labute approximate surface area is 101 Å². The van der Waals surface area contributed by atoms with Gasteiger partial charge in [0.15, 0.2) is 0 Å². The first-order valence-corrected chi connectivity index (χ1v) is 5.62. The van der Waals surface area contributed by atoms with Crippen molar-refractivity contribution in [2.45, 2.75) is 13.1 Å². The standard InChI is InChI=1S/C14H16N2O/c17-14-8-4-7-13(9-14)11-16-15-10-12-5-2-1-3-6-12/h1-9,15-17H,10-11H2. The SMILES string of the molecule is Oc1cccc(CNNCc2ccccc2)c1. The van der Waals surface area contributed by atoms with Crippen LogP contribution < -0.4 is 10.9 Å². The van der Waals surface area contributed by atoms with E-state index in [0.717, 1.165) is 12.1 Å². The Hall–Kier alpha value is -1.84. The van der Waals surface area contributed by atoms with Crippen LogP contribution in [0.25, 0.3) is 0 Å². The minimum atomic E-state index is 0.298. The third-order valence-corrected chi connectivity index (χ3v) is 2.46. The zero-order chi connectivity index (χ0) is 11.9. The molecule has 3 N–H and O–H groups in total. The molecule has 0 radical (unpaired) electrons. The first-order chi connectivity index (χ1) is 8.34. The lowest BCUT2D eigenvalue weighted by Crippen LogP contribution is -2.30. The quantitative estimate of drug-likeness (QED) is 0.543. The fourth-order valence-corrected chi connectivity index (χ4v) is 1.59. The summed E-state index contributed by atoms with van der Waals surface area (Å²) in [5.74, 6) is 0.298. The molecule has 3 nitrogen and oxygen atoms in total. The smallest absolute Gasteiger partial charge is 0.115 e. The summed E-state index contributed by atoms with van der Waals surface area (Å²) in [6.45, 7) is 1.46. The molecule has 0 fully saturated rings. The van der Waals surface area contributed by atoms with Gasteiger partial charge in [0.1, 0.15) is 5.75 Å². The molecule has 0 aliphatic heterocycles. The molecule has 0 bridgehead atoms. The van der Waals surface area contributed by atoms with Crippen molar-refractivity contribution in [3.05, 3.63) is 65.7 Å². The lowest BCUT2D eigenvalue weighted by molar-refractivity contribution is 0.472. The predicted molar refractivity (Wildman–Crippen MR) is 68.2 cm³/mol. The Balaban J connectivity index is 1.73. The van der Waals surface area contributed by atoms with Crippen LogP contribution in [0, 0.1) is 0 Å². The largest absolute Gasteiger partial charge is 0.508 e. The van der Waals surface area contributed by atoms with Gasteiger partial charge in [0.05, 0.1) is 0 Å². The summed E-state index contributed by atoms with van der Waals surface area (Å²) in [6, 6.07) is 17.4. The van der Waals surface area contributed by atoms with Gasteiger partial charge in [-0.1, -0.05) is 42.5 Å². The van der Waals surface area contributed by atoms with Crippen LogP contribution in [0.3, 0.4) is 0 Å². The summed E-state index contributed by atoms with van der Waals surface area (Å²) in [4.78, 5) is 0. The van der Waals surface area contributed by atoms with E-state index >= 15 is 0 Å². The number of hydrogen-bond acceptors (Lipinski definition) is 3. The van der Waals surface area contributed by atoms with Gasteiger partial charge in [-0.25, -0.2) is 0 Å². The zero-order valence-corrected chi connectivity index (χ0v) is 9.56. The number of nitrogens with one attached hydrogen (secondary N) is 2. The van der Waals surface area contributed by atoms with Gasteiger partial charge in [0.2, 0.25) is 0 Å². The normalized spacial score (nSPS) is 10.4. The van der Waals surface area contributed by atoms with Gasteiger partial charge in [-0.3, -0.25) is 10.9 Å². The van der Waals surface area contributed by atoms with Crippen molar-refractivity contribution in [2.24, 2.45) is 0 Å². The second-order valence-electron chi connectivity index (χ2n) is 3.86. The molecule has 0 aromatic heterocycles. The number of phenols is 1. The number of aromatic hydroxyl groups is 1. The molecule has 0 aliphatic rings. The molecular formula is C14H16N2O. The van der Waals surface area contributed by atoms with Crippen LogP contribution in [0.2, 0.25) is 0 Å². The molecule has 0 saturated heterocycles. The van der Waals surface area contributed by atoms with Crippen LogP contribution in [0.4, 0.5) is 0 Å². The second-order valence-corrected chi connectivity index (χ2v) is 3.86. The lowest BCUT2D eigenvalue weighted by Gasteiger charge is -2.07. The maximum atomic E-state index is 9.30. The molecule has 2 aromatic rings. The van der Waals surface area contributed by atoms with Crippen molar-refractivity contribution in [3.63, 3.8) is 0 Å². The van der Waals surface area contributed by atoms with Crippen molar-refractivity contribution in [3.8, 4) is 5.75 Å². The minimum absolute atomic E-state index is 0.298. The highest BCUT2D eigenvalue weighted by atomic mass is 16.3. The molecule has 0 atom stereocenters. The number of hydrazine groups is 1. The van der Waals surface area contributed by atoms with E-state index in [1.54, 1.807) is 12.1 Å². The molecule has 3 heteroatoms. The molecule has 17 heavy (non-hydrogen) atoms. The summed E-state index contributed by atoms with van der Waals surface area (Å²) < 4.78 is 0. The highest BCUT2D eigenvalue weighted by molar-refractivity contribution is 5.26. The van der Waals surface area contributed by atoms with E-state index in [2.05, 4.69) is 23.0 Å². The fourth-order valence-electron chi connectivity index (χ4n) is 1.59. The molecule has 0 spiro atoms. The summed E-state index contributed by atoms with van der Waals surface area (Å²) in [5, 5.41) is 9.30. The fraction of sp³-hybridized carbons (Fsp3) is 0.143. The van der Waals surface area contributed by atoms with Crippen molar-refractivity contribution in [2.75, 3.05) is 0 Å². The van der Waals surface area contributed by atoms with E-state index in [1.807, 2.05) is 30.3 Å². The van der Waals surface area contributed by atoms with Crippen LogP contribution in [-0.2, 0) is 13.1 Å². The maximum absolute atomic E-state index is 9.30. The van der Waals surface area contributed by atoms with Crippen molar-refractivity contribution in [1.29, 1.82) is 0 Å². The minimum Gasteiger partial charge on any atom is -0.508 e. The monoisotopic (exact) mass is 228 g/mol. The van der Waals surface area contributed by atoms with Crippen molar-refractivity contribution < 1.29 is 5.11 Å². The van der Waals surface area contributed by atoms with E-state index in [-0.39, 0.29) is 0 Å². The van der Waals surface area contributed by atoms with Gasteiger partial charge < -0.3 is 5.11 Å². The van der Waals surface area contributed by atoms with Gasteiger partial charge in [0, 0.05) is 13.1 Å². The molecule has 0 unspecified atom stereocenters. The Morgan fingerprint density at radius 2 is 1.41 bits per heavy atom. The zero-order valence-electron chi connectivity index (χ0n) is 9.56. The van der Waals surface area contributed by atoms with Gasteiger partial charge in [-0.15, -0.1) is 0 Å². The lowest BCUT2D eigenvalue weighted by atomic mass is 10.2. The third kappa shape index (κ3) is 3.90. The molecule has 88 valence electrons. The average molecular weight is 228 g/mol. The first kappa shape index (κ1) is 11.6. The Kier molecular flexibility index (Phi) is 4.13. The van der Waals surface area contributed by atoms with Crippen LogP contribution >= 0.6 is 0 Å². The molecule has 0 heterocycles. The predicted octanol–water partition coefficient (Wildman–Crippen LogP) is 2.19. The number of benzene rings is 2. The van der Waals surface area contributed by atoms with E-state index < -0.39 is 0 Å². The van der Waals surface area contributed by atoms with Gasteiger partial charge in [-0.05, 0) is 23.3 Å². The molecular weight excluding hydrogens is 212 g/mol. The molecule has 0 amide bonds. The summed E-state index contributed by atoms with van der Waals surface area (Å²) >= 11 is 0. The average Bonchev–Trinajstić information content (AvgIpc) is 2.36. The Morgan fingerprint density at radius 3 is 2.12 bits per heavy atom. The van der Waals surface area contributed by atoms with Gasteiger partial charge in [0.25, 0.3) is 0 Å². The van der Waals surface area contributed by atoms with E-state index in [9.17, 15) is 5.11 Å². The highest BCUT2D eigenvalue weighted by Gasteiger charge is 1.94. The van der Waals surface area contributed by atoms with Crippen LogP contribution in [0.15, 0.2) is 54.6 Å². The topological polar surface area (TPSA) is 44.3 Å². The van der Waals surface area contributed by atoms with Crippen LogP contribution in [0.1, 0.15) is 11.1 Å². The highest BCUT2D eigenvalue weighted by Crippen LogP contribution is 2.10. The van der Waals surface area contributed by atoms with Gasteiger partial charge >= 0.3 is 0 Å². The molecule has 0 saturated carbocycles. The van der Waals surface area contributed by atoms with Crippen LogP contribution in [-0.4, -0.2) is 5.11 Å². The van der Waals surface area contributed by atoms with E-state index in [1.165, 1.54) is 5.56 Å². The molecule has 0 aliphatic carbocycles. The summed E-state index contributed by atoms with van der Waals surface area (Å²) in [7, 11) is 0. The third-order valence-electron chi connectivity index (χ3n) is 2.46. The Morgan fingerprint density at radius 1 is 0.765 bits per heavy atom. The van der Waals surface area contributed by atoms with E-state index in [0.29, 0.717) is 12.3 Å². The van der Waals surface area contributed by atoms with E-state index in [4.69, 9.17) is 0 Å². The number of hydrogen-bond donors (Lipinski definition) is 3. The first-order valence-electron chi connectivity index (χ1n) is 5.62. The molecule has 2 aromatic carbocycles. The van der Waals surface area contributed by atoms with Crippen LogP contribution in [0.5, 0.6) is 5.75 Å². The summed E-state index contributed by atoms with van der Waals surface area (Å²) in [6.07, 6.45) is 0. The van der Waals surface area contributed by atoms with Crippen molar-refractivity contribution in [1.82, 2.24) is 10.9 Å². The maximum Gasteiger partial charge on any atom is 0.115 e. The van der Waals surface area contributed by atoms with Gasteiger partial charge in [-0.2, -0.15) is 0 Å². The Bertz CT molecular complexity index is 457. The van der Waals surface area contributed by atoms with Crippen molar-refractivity contribution >= 4 is 0 Å². The second kappa shape index (κ2) is 6.03. The summed E-state index contributed by atoms with van der Waals surface area (Å²) in [5.41, 5.74) is 8.53.